The van der Waals surface area contributed by atoms with E-state index in [0.717, 1.165) is 11.4 Å². The van der Waals surface area contributed by atoms with Gasteiger partial charge in [-0.25, -0.2) is 5.01 Å². The Labute approximate surface area is 182 Å². The number of anilines is 5. The van der Waals surface area contributed by atoms with Gasteiger partial charge in [-0.2, -0.15) is 20.1 Å². The summed E-state index contributed by atoms with van der Waals surface area (Å²) in [6.07, 6.45) is 1.34. The molecule has 160 valence electrons. The summed E-state index contributed by atoms with van der Waals surface area (Å²) in [5.74, 6) is 0.737. The van der Waals surface area contributed by atoms with E-state index in [9.17, 15) is 10.1 Å². The van der Waals surface area contributed by atoms with Crippen LogP contribution in [0.4, 0.5) is 35.1 Å². The first-order valence-electron chi connectivity index (χ1n) is 9.49. The van der Waals surface area contributed by atoms with Crippen molar-refractivity contribution in [3.8, 4) is 0 Å². The van der Waals surface area contributed by atoms with E-state index in [1.807, 2.05) is 60.7 Å². The minimum absolute atomic E-state index is 0.225. The van der Waals surface area contributed by atoms with Gasteiger partial charge in [0.1, 0.15) is 4.92 Å². The molecule has 4 aromatic rings. The molecule has 2 N–H and O–H groups in total. The third-order valence-electron chi connectivity index (χ3n) is 4.12. The van der Waals surface area contributed by atoms with E-state index >= 15 is 0 Å². The smallest absolute Gasteiger partial charge is 0.400 e. The monoisotopic (exact) mass is 430 g/mol. The highest BCUT2D eigenvalue weighted by atomic mass is 16.6. The fraction of sp³-hybridized carbons (Fsp3) is 0.0476. The molecule has 0 bridgehead atoms. The first kappa shape index (κ1) is 20.5. The summed E-state index contributed by atoms with van der Waals surface area (Å²) in [5.41, 5.74) is 1.62. The Kier molecular flexibility index (Phi) is 5.98. The number of rotatable bonds is 8. The molecule has 0 saturated carbocycles. The molecule has 2 heterocycles. The van der Waals surface area contributed by atoms with E-state index in [0.29, 0.717) is 11.9 Å². The van der Waals surface area contributed by atoms with Gasteiger partial charge in [-0.3, -0.25) is 10.1 Å². The van der Waals surface area contributed by atoms with E-state index < -0.39 is 4.92 Å². The Balaban J connectivity index is 1.61. The van der Waals surface area contributed by atoms with Crippen LogP contribution in [0.3, 0.4) is 0 Å². The first-order chi connectivity index (χ1) is 15.6. The summed E-state index contributed by atoms with van der Waals surface area (Å²) in [7, 11) is 1.64. The molecule has 0 amide bonds. The number of aromatic nitrogens is 3. The van der Waals surface area contributed by atoms with Crippen LogP contribution in [0.1, 0.15) is 5.76 Å². The van der Waals surface area contributed by atoms with Crippen LogP contribution in [0.15, 0.2) is 82.3 Å². The summed E-state index contributed by atoms with van der Waals surface area (Å²) in [6.45, 7) is 0. The van der Waals surface area contributed by atoms with Crippen LogP contribution in [0.5, 0.6) is 0 Å². The predicted molar refractivity (Wildman–Crippen MR) is 121 cm³/mol. The van der Waals surface area contributed by atoms with Gasteiger partial charge in [0.05, 0.1) is 12.3 Å². The van der Waals surface area contributed by atoms with Crippen molar-refractivity contribution in [2.75, 3.05) is 22.7 Å². The minimum atomic E-state index is -0.615. The highest BCUT2D eigenvalue weighted by Crippen LogP contribution is 2.20. The summed E-state index contributed by atoms with van der Waals surface area (Å²) in [4.78, 5) is 23.4. The molecule has 2 aromatic carbocycles. The quantitative estimate of drug-likeness (QED) is 0.238. The van der Waals surface area contributed by atoms with Crippen molar-refractivity contribution in [1.82, 2.24) is 15.0 Å². The maximum atomic E-state index is 10.8. The molecule has 0 aliphatic carbocycles. The summed E-state index contributed by atoms with van der Waals surface area (Å²) in [5, 5.41) is 22.7. The average Bonchev–Trinajstić information content (AvgIpc) is 3.28. The lowest BCUT2D eigenvalue weighted by Crippen LogP contribution is -2.15. The number of nitrogens with one attached hydrogen (secondary N) is 2. The molecule has 0 unspecified atom stereocenters. The van der Waals surface area contributed by atoms with E-state index in [1.54, 1.807) is 7.05 Å². The molecule has 0 aliphatic heterocycles. The Morgan fingerprint density at radius 2 is 1.47 bits per heavy atom. The van der Waals surface area contributed by atoms with Crippen LogP contribution < -0.4 is 15.6 Å². The van der Waals surface area contributed by atoms with E-state index in [4.69, 9.17) is 4.42 Å². The number of hydrazone groups is 1. The fourth-order valence-corrected chi connectivity index (χ4v) is 2.63. The number of nitro groups is 1. The molecule has 32 heavy (non-hydrogen) atoms. The zero-order chi connectivity index (χ0) is 22.3. The SMILES string of the molecule is CN(/N=C/c1ccc([N+](=O)[O-])o1)c1nc(Nc2ccccc2)nc(Nc2ccccc2)n1. The molecule has 0 spiro atoms. The standard InChI is InChI=1S/C21H18N8O3/c1-28(22-14-17-12-13-18(32-17)29(30)31)21-26-19(23-15-8-4-2-5-9-15)25-20(27-21)24-16-10-6-3-7-11-16/h2-14H,1H3,(H2,23,24,25,26,27)/b22-14+. The van der Waals surface area contributed by atoms with Gasteiger partial charge in [-0.15, -0.1) is 0 Å². The Bertz CT molecular complexity index is 1170. The number of para-hydroxylation sites is 2. The third kappa shape index (κ3) is 5.21. The third-order valence-corrected chi connectivity index (χ3v) is 4.12. The van der Waals surface area contributed by atoms with Crippen LogP contribution in [-0.4, -0.2) is 33.1 Å². The molecule has 0 fully saturated rings. The van der Waals surface area contributed by atoms with E-state index in [2.05, 4.69) is 30.7 Å². The van der Waals surface area contributed by atoms with Gasteiger partial charge in [-0.05, 0) is 30.3 Å². The second kappa shape index (κ2) is 9.34. The second-order valence-corrected chi connectivity index (χ2v) is 6.47. The largest absolute Gasteiger partial charge is 0.433 e. The van der Waals surface area contributed by atoms with Crippen molar-refractivity contribution in [1.29, 1.82) is 0 Å². The van der Waals surface area contributed by atoms with E-state index in [1.165, 1.54) is 23.4 Å². The lowest BCUT2D eigenvalue weighted by molar-refractivity contribution is -0.402. The highest BCUT2D eigenvalue weighted by Gasteiger charge is 2.13. The van der Waals surface area contributed by atoms with Crippen LogP contribution in [0.2, 0.25) is 0 Å². The number of nitrogens with zero attached hydrogens (tertiary/aromatic N) is 6. The van der Waals surface area contributed by atoms with Gasteiger partial charge in [0.25, 0.3) is 5.95 Å². The van der Waals surface area contributed by atoms with Crippen LogP contribution in [0, 0.1) is 10.1 Å². The maximum absolute atomic E-state index is 10.8. The second-order valence-electron chi connectivity index (χ2n) is 6.47. The summed E-state index contributed by atoms with van der Waals surface area (Å²) < 4.78 is 5.08. The summed E-state index contributed by atoms with van der Waals surface area (Å²) in [6, 6.07) is 21.7. The number of benzene rings is 2. The van der Waals surface area contributed by atoms with Gasteiger partial charge in [0.2, 0.25) is 11.9 Å². The number of hydrogen-bond donors (Lipinski definition) is 2. The zero-order valence-electron chi connectivity index (χ0n) is 16.9. The van der Waals surface area contributed by atoms with Crippen molar-refractivity contribution in [3.63, 3.8) is 0 Å². The molecule has 4 rings (SSSR count). The van der Waals surface area contributed by atoms with Crippen molar-refractivity contribution in [3.05, 3.63) is 88.7 Å². The Morgan fingerprint density at radius 1 is 0.906 bits per heavy atom. The fourth-order valence-electron chi connectivity index (χ4n) is 2.63. The van der Waals surface area contributed by atoms with Crippen molar-refractivity contribution >= 4 is 41.3 Å². The normalized spacial score (nSPS) is 10.8. The summed E-state index contributed by atoms with van der Waals surface area (Å²) >= 11 is 0. The predicted octanol–water partition coefficient (Wildman–Crippen LogP) is 4.33. The lowest BCUT2D eigenvalue weighted by atomic mass is 10.3. The van der Waals surface area contributed by atoms with Gasteiger partial charge in [0, 0.05) is 18.4 Å². The van der Waals surface area contributed by atoms with Crippen molar-refractivity contribution in [2.24, 2.45) is 5.10 Å². The van der Waals surface area contributed by atoms with Crippen LogP contribution >= 0.6 is 0 Å². The van der Waals surface area contributed by atoms with Gasteiger partial charge in [0.15, 0.2) is 5.76 Å². The number of hydrogen-bond acceptors (Lipinski definition) is 10. The molecule has 0 saturated heterocycles. The van der Waals surface area contributed by atoms with Gasteiger partial charge >= 0.3 is 5.88 Å². The topological polar surface area (TPSA) is 135 Å². The minimum Gasteiger partial charge on any atom is -0.400 e. The van der Waals surface area contributed by atoms with Crippen molar-refractivity contribution < 1.29 is 9.34 Å². The molecule has 0 radical (unpaired) electrons. The maximum Gasteiger partial charge on any atom is 0.433 e. The number of furan rings is 1. The first-order valence-corrected chi connectivity index (χ1v) is 9.49. The molecule has 11 heteroatoms. The van der Waals surface area contributed by atoms with Crippen LogP contribution in [0.25, 0.3) is 0 Å². The van der Waals surface area contributed by atoms with Gasteiger partial charge < -0.3 is 15.1 Å². The molecule has 11 nitrogen and oxygen atoms in total. The van der Waals surface area contributed by atoms with Gasteiger partial charge in [-0.1, -0.05) is 36.4 Å². The Hall–Kier alpha value is -4.80. The molecular formula is C21H18N8O3. The highest BCUT2D eigenvalue weighted by molar-refractivity contribution is 5.77. The van der Waals surface area contributed by atoms with Crippen molar-refractivity contribution in [2.45, 2.75) is 0 Å². The molecule has 2 aromatic heterocycles. The molecular weight excluding hydrogens is 412 g/mol. The van der Waals surface area contributed by atoms with Crippen LogP contribution in [-0.2, 0) is 0 Å². The lowest BCUT2D eigenvalue weighted by Gasteiger charge is -2.14. The average molecular weight is 430 g/mol. The molecule has 0 aliphatic rings. The zero-order valence-corrected chi connectivity index (χ0v) is 16.9. The van der Waals surface area contributed by atoms with E-state index in [-0.39, 0.29) is 17.6 Å². The Morgan fingerprint density at radius 3 is 1.97 bits per heavy atom. The molecule has 0 atom stereocenters.